The Labute approximate surface area is 169 Å². The average molecular weight is 445 g/mol. The quantitative estimate of drug-likeness (QED) is 0.727. The molecule has 2 aromatic rings. The van der Waals surface area contributed by atoms with Gasteiger partial charge in [-0.3, -0.25) is 0 Å². The Morgan fingerprint density at radius 3 is 1.41 bits per heavy atom. The molecule has 0 N–H and O–H groups in total. The lowest BCUT2D eigenvalue weighted by Crippen LogP contribution is -2.37. The van der Waals surface area contributed by atoms with Gasteiger partial charge in [0.2, 0.25) is 20.0 Å². The van der Waals surface area contributed by atoms with E-state index in [0.29, 0.717) is 17.5 Å². The maximum Gasteiger partial charge on any atom is 0.243 e. The molecule has 29 heavy (non-hydrogen) atoms. The van der Waals surface area contributed by atoms with E-state index in [0.717, 1.165) is 24.3 Å². The minimum atomic E-state index is -3.88. The first-order valence-electron chi connectivity index (χ1n) is 9.06. The van der Waals surface area contributed by atoms with Gasteiger partial charge in [0.05, 0.1) is 9.79 Å². The summed E-state index contributed by atoms with van der Waals surface area (Å²) < 4.78 is 81.1. The lowest BCUT2D eigenvalue weighted by molar-refractivity contribution is 0.404. The smallest absolute Gasteiger partial charge is 0.207 e. The molecule has 10 heteroatoms. The molecule has 0 aliphatic carbocycles. The van der Waals surface area contributed by atoms with Crippen LogP contribution in [0.25, 0.3) is 0 Å². The fraction of sp³-hybridized carbons (Fsp3) is 0.368. The van der Waals surface area contributed by atoms with E-state index in [1.165, 1.54) is 34.6 Å². The molecule has 0 radical (unpaired) electrons. The lowest BCUT2D eigenvalue weighted by Gasteiger charge is -2.23. The van der Waals surface area contributed by atoms with E-state index in [2.05, 4.69) is 0 Å². The van der Waals surface area contributed by atoms with Crippen molar-refractivity contribution in [3.63, 3.8) is 0 Å². The summed E-state index contributed by atoms with van der Waals surface area (Å²) in [7, 11) is -7.77. The fourth-order valence-electron chi connectivity index (χ4n) is 3.43. The molecule has 158 valence electrons. The highest BCUT2D eigenvalue weighted by Crippen LogP contribution is 2.25. The summed E-state index contributed by atoms with van der Waals surface area (Å²) in [4.78, 5) is 0.00849. The normalized spacial score (nSPS) is 17.2. The molecule has 1 heterocycles. The van der Waals surface area contributed by atoms with Crippen molar-refractivity contribution < 1.29 is 25.6 Å². The molecule has 2 aromatic carbocycles. The maximum absolute atomic E-state index is 13.3. The van der Waals surface area contributed by atoms with E-state index in [1.807, 2.05) is 0 Å². The van der Waals surface area contributed by atoms with Gasteiger partial charge in [0.25, 0.3) is 0 Å². The molecule has 0 spiro atoms. The Hall–Kier alpha value is -1.88. The van der Waals surface area contributed by atoms with Crippen molar-refractivity contribution in [2.75, 3.05) is 26.2 Å². The molecule has 6 nitrogen and oxygen atoms in total. The second-order valence-corrected chi connectivity index (χ2v) is 10.8. The minimum absolute atomic E-state index is 0.00425. The summed E-state index contributed by atoms with van der Waals surface area (Å²) in [6.45, 7) is 3.27. The number of benzene rings is 2. The molecule has 0 saturated carbocycles. The van der Waals surface area contributed by atoms with Gasteiger partial charge in [0.1, 0.15) is 11.6 Å². The van der Waals surface area contributed by atoms with Gasteiger partial charge in [0.15, 0.2) is 0 Å². The molecule has 0 unspecified atom stereocenters. The summed E-state index contributed by atoms with van der Waals surface area (Å²) in [6, 6.07) is 6.93. The van der Waals surface area contributed by atoms with E-state index < -0.39 is 31.7 Å². The first-order chi connectivity index (χ1) is 13.5. The summed E-state index contributed by atoms with van der Waals surface area (Å²) in [5.74, 6) is -1.05. The SMILES string of the molecule is Cc1cc(F)ccc1S(=O)(=O)N1CCCN(S(=O)(=O)c2ccc(F)cc2C)CC1. The topological polar surface area (TPSA) is 74.8 Å². The first kappa shape index (κ1) is 21.8. The lowest BCUT2D eigenvalue weighted by atomic mass is 10.2. The van der Waals surface area contributed by atoms with Gasteiger partial charge in [-0.15, -0.1) is 0 Å². The number of rotatable bonds is 4. The number of nitrogens with zero attached hydrogens (tertiary/aromatic N) is 2. The molecule has 0 bridgehead atoms. The molecular weight excluding hydrogens is 422 g/mol. The third-order valence-electron chi connectivity index (χ3n) is 4.92. The predicted octanol–water partition coefficient (Wildman–Crippen LogP) is 2.67. The Bertz CT molecular complexity index is 1050. The zero-order valence-corrected chi connectivity index (χ0v) is 17.7. The first-order valence-corrected chi connectivity index (χ1v) is 11.9. The van der Waals surface area contributed by atoms with Gasteiger partial charge in [0, 0.05) is 26.2 Å². The number of halogens is 2. The second kappa shape index (κ2) is 8.10. The third kappa shape index (κ3) is 4.35. The van der Waals surface area contributed by atoms with Gasteiger partial charge < -0.3 is 0 Å². The molecule has 1 fully saturated rings. The van der Waals surface area contributed by atoms with Gasteiger partial charge >= 0.3 is 0 Å². The van der Waals surface area contributed by atoms with Crippen LogP contribution in [-0.2, 0) is 20.0 Å². The number of hydrogen-bond acceptors (Lipinski definition) is 4. The molecule has 1 aliphatic heterocycles. The van der Waals surface area contributed by atoms with E-state index in [1.54, 1.807) is 0 Å². The van der Waals surface area contributed by atoms with Gasteiger partial charge in [-0.1, -0.05) is 0 Å². The summed E-state index contributed by atoms with van der Waals surface area (Å²) in [5, 5.41) is 0. The Kier molecular flexibility index (Phi) is 6.09. The zero-order valence-electron chi connectivity index (χ0n) is 16.1. The van der Waals surface area contributed by atoms with E-state index in [9.17, 15) is 25.6 Å². The largest absolute Gasteiger partial charge is 0.243 e. The van der Waals surface area contributed by atoms with Crippen LogP contribution in [0.1, 0.15) is 17.5 Å². The van der Waals surface area contributed by atoms with Crippen LogP contribution >= 0.6 is 0 Å². The third-order valence-corrected chi connectivity index (χ3v) is 9.04. The maximum atomic E-state index is 13.3. The standard InChI is InChI=1S/C19H22F2N2O4S2/c1-14-12-16(20)4-6-18(14)28(24,25)22-8-3-9-23(11-10-22)29(26,27)19-7-5-17(21)13-15(19)2/h4-7,12-13H,3,8-11H2,1-2H3. The highest BCUT2D eigenvalue weighted by molar-refractivity contribution is 7.89. The van der Waals surface area contributed by atoms with Crippen molar-refractivity contribution in [2.45, 2.75) is 30.1 Å². The van der Waals surface area contributed by atoms with Crippen LogP contribution in [0.3, 0.4) is 0 Å². The molecule has 0 amide bonds. The zero-order chi connectivity index (χ0) is 21.4. The van der Waals surface area contributed by atoms with Crippen LogP contribution < -0.4 is 0 Å². The molecule has 1 aliphatic rings. The highest BCUT2D eigenvalue weighted by Gasteiger charge is 2.33. The number of aryl methyl sites for hydroxylation is 2. The Morgan fingerprint density at radius 2 is 1.07 bits per heavy atom. The molecular formula is C19H22F2N2O4S2. The van der Waals surface area contributed by atoms with E-state index in [4.69, 9.17) is 0 Å². The predicted molar refractivity (Wildman–Crippen MR) is 104 cm³/mol. The number of sulfonamides is 2. The second-order valence-electron chi connectivity index (χ2n) is 6.98. The molecule has 0 atom stereocenters. The summed E-state index contributed by atoms with van der Waals surface area (Å²) >= 11 is 0. The summed E-state index contributed by atoms with van der Waals surface area (Å²) in [6.07, 6.45) is 0.305. The fourth-order valence-corrected chi connectivity index (χ4v) is 6.78. The van der Waals surface area contributed by atoms with Crippen LogP contribution in [0.2, 0.25) is 0 Å². The molecule has 3 rings (SSSR count). The Morgan fingerprint density at radius 1 is 0.690 bits per heavy atom. The van der Waals surface area contributed by atoms with Crippen LogP contribution in [0.5, 0.6) is 0 Å². The van der Waals surface area contributed by atoms with Crippen molar-refractivity contribution in [3.05, 3.63) is 59.2 Å². The van der Waals surface area contributed by atoms with E-state index >= 15 is 0 Å². The Balaban J connectivity index is 1.85. The molecule has 0 aromatic heterocycles. The van der Waals surface area contributed by atoms with Crippen LogP contribution in [0, 0.1) is 25.5 Å². The van der Waals surface area contributed by atoms with Crippen molar-refractivity contribution in [1.82, 2.24) is 8.61 Å². The van der Waals surface area contributed by atoms with Crippen LogP contribution in [0.4, 0.5) is 8.78 Å². The van der Waals surface area contributed by atoms with Gasteiger partial charge in [-0.25, -0.2) is 25.6 Å². The van der Waals surface area contributed by atoms with Crippen molar-refractivity contribution in [2.24, 2.45) is 0 Å². The number of hydrogen-bond donors (Lipinski definition) is 0. The van der Waals surface area contributed by atoms with Crippen molar-refractivity contribution in [3.8, 4) is 0 Å². The monoisotopic (exact) mass is 444 g/mol. The van der Waals surface area contributed by atoms with Crippen molar-refractivity contribution >= 4 is 20.0 Å². The van der Waals surface area contributed by atoms with Gasteiger partial charge in [-0.2, -0.15) is 8.61 Å². The summed E-state index contributed by atoms with van der Waals surface area (Å²) in [5.41, 5.74) is 0.585. The average Bonchev–Trinajstić information content (AvgIpc) is 2.88. The highest BCUT2D eigenvalue weighted by atomic mass is 32.2. The van der Waals surface area contributed by atoms with Gasteiger partial charge in [-0.05, 0) is 67.8 Å². The molecule has 1 saturated heterocycles. The van der Waals surface area contributed by atoms with E-state index in [-0.39, 0.29) is 36.0 Å². The minimum Gasteiger partial charge on any atom is -0.207 e. The van der Waals surface area contributed by atoms with Crippen molar-refractivity contribution in [1.29, 1.82) is 0 Å². The van der Waals surface area contributed by atoms with Crippen LogP contribution in [0.15, 0.2) is 46.2 Å². The van der Waals surface area contributed by atoms with Crippen LogP contribution in [-0.4, -0.2) is 51.6 Å².